The lowest BCUT2D eigenvalue weighted by Gasteiger charge is -2.37. The SMILES string of the molecule is COC(=O)c1ccc2c3c(ccc2c1)Cc1ccc(C(C)(C)C)cc1C3(C)C. The zero-order valence-electron chi connectivity index (χ0n) is 17.6. The third kappa shape index (κ3) is 2.83. The Morgan fingerprint density at radius 2 is 1.68 bits per heavy atom. The van der Waals surface area contributed by atoms with E-state index >= 15 is 0 Å². The van der Waals surface area contributed by atoms with Crippen molar-refractivity contribution in [1.82, 2.24) is 0 Å². The summed E-state index contributed by atoms with van der Waals surface area (Å²) in [6.07, 6.45) is 0.952. The Labute approximate surface area is 167 Å². The Morgan fingerprint density at radius 1 is 0.964 bits per heavy atom. The van der Waals surface area contributed by atoms with Gasteiger partial charge in [0.2, 0.25) is 0 Å². The van der Waals surface area contributed by atoms with Crippen LogP contribution in [0.15, 0.2) is 48.5 Å². The summed E-state index contributed by atoms with van der Waals surface area (Å²) in [7, 11) is 1.42. The molecule has 0 aromatic heterocycles. The van der Waals surface area contributed by atoms with Crippen LogP contribution in [0.3, 0.4) is 0 Å². The van der Waals surface area contributed by atoms with Gasteiger partial charge in [-0.05, 0) is 62.6 Å². The van der Waals surface area contributed by atoms with Gasteiger partial charge in [0.05, 0.1) is 12.7 Å². The third-order valence-electron chi connectivity index (χ3n) is 6.18. The molecule has 0 heterocycles. The third-order valence-corrected chi connectivity index (χ3v) is 6.18. The average Bonchev–Trinajstić information content (AvgIpc) is 2.65. The first-order valence-corrected chi connectivity index (χ1v) is 9.91. The van der Waals surface area contributed by atoms with Gasteiger partial charge in [-0.15, -0.1) is 0 Å². The van der Waals surface area contributed by atoms with E-state index in [0.717, 1.165) is 11.8 Å². The standard InChI is InChI=1S/C26H28O2/c1-25(2,3)20-11-9-17-14-18-8-7-16-13-19(24(27)28-6)10-12-21(16)23(18)26(4,5)22(17)15-20/h7-13,15H,14H2,1-6H3. The number of fused-ring (bicyclic) bond motifs is 4. The number of rotatable bonds is 1. The van der Waals surface area contributed by atoms with Crippen LogP contribution in [0.2, 0.25) is 0 Å². The van der Waals surface area contributed by atoms with Crippen molar-refractivity contribution in [3.8, 4) is 0 Å². The molecule has 0 aliphatic heterocycles. The molecule has 0 saturated heterocycles. The minimum Gasteiger partial charge on any atom is -0.465 e. The van der Waals surface area contributed by atoms with Crippen molar-refractivity contribution in [3.63, 3.8) is 0 Å². The highest BCUT2D eigenvalue weighted by molar-refractivity contribution is 5.97. The maximum absolute atomic E-state index is 11.9. The van der Waals surface area contributed by atoms with Gasteiger partial charge in [0.25, 0.3) is 0 Å². The highest BCUT2D eigenvalue weighted by Crippen LogP contribution is 2.45. The molecule has 1 aliphatic carbocycles. The van der Waals surface area contributed by atoms with Crippen LogP contribution in [0.1, 0.15) is 72.8 Å². The number of esters is 1. The van der Waals surface area contributed by atoms with Gasteiger partial charge in [0.15, 0.2) is 0 Å². The molecule has 2 heteroatoms. The molecular weight excluding hydrogens is 344 g/mol. The molecule has 0 bridgehead atoms. The zero-order valence-corrected chi connectivity index (χ0v) is 17.6. The maximum Gasteiger partial charge on any atom is 0.337 e. The lowest BCUT2D eigenvalue weighted by atomic mass is 9.66. The van der Waals surface area contributed by atoms with Crippen LogP contribution in [0.25, 0.3) is 10.8 Å². The second-order valence-electron chi connectivity index (χ2n) is 9.45. The summed E-state index contributed by atoms with van der Waals surface area (Å²) in [6.45, 7) is 11.4. The Kier molecular flexibility index (Phi) is 4.15. The van der Waals surface area contributed by atoms with Gasteiger partial charge in [-0.2, -0.15) is 0 Å². The van der Waals surface area contributed by atoms with Crippen molar-refractivity contribution in [2.45, 2.75) is 51.9 Å². The summed E-state index contributed by atoms with van der Waals surface area (Å²) in [5.74, 6) is -0.293. The van der Waals surface area contributed by atoms with Crippen LogP contribution >= 0.6 is 0 Å². The van der Waals surface area contributed by atoms with Crippen molar-refractivity contribution >= 4 is 16.7 Å². The summed E-state index contributed by atoms with van der Waals surface area (Å²) in [5.41, 5.74) is 7.57. The van der Waals surface area contributed by atoms with Gasteiger partial charge in [-0.1, -0.05) is 71.0 Å². The van der Waals surface area contributed by atoms with Crippen molar-refractivity contribution in [2.24, 2.45) is 0 Å². The molecule has 0 radical (unpaired) electrons. The fraction of sp³-hybridized carbons (Fsp3) is 0.346. The molecular formula is C26H28O2. The quantitative estimate of drug-likeness (QED) is 0.479. The predicted molar refractivity (Wildman–Crippen MR) is 115 cm³/mol. The molecule has 3 aromatic carbocycles. The fourth-order valence-corrected chi connectivity index (χ4v) is 4.62. The molecule has 0 N–H and O–H groups in total. The van der Waals surface area contributed by atoms with Gasteiger partial charge in [-0.25, -0.2) is 4.79 Å². The van der Waals surface area contributed by atoms with Gasteiger partial charge in [-0.3, -0.25) is 0 Å². The number of ether oxygens (including phenoxy) is 1. The summed E-state index contributed by atoms with van der Waals surface area (Å²) < 4.78 is 4.89. The van der Waals surface area contributed by atoms with Gasteiger partial charge < -0.3 is 4.74 Å². The first-order valence-electron chi connectivity index (χ1n) is 9.91. The smallest absolute Gasteiger partial charge is 0.337 e. The van der Waals surface area contributed by atoms with E-state index in [1.165, 1.54) is 40.3 Å². The topological polar surface area (TPSA) is 26.3 Å². The van der Waals surface area contributed by atoms with E-state index in [-0.39, 0.29) is 16.8 Å². The minimum atomic E-state index is -0.293. The maximum atomic E-state index is 11.9. The fourth-order valence-electron chi connectivity index (χ4n) is 4.62. The molecule has 28 heavy (non-hydrogen) atoms. The second kappa shape index (κ2) is 6.20. The summed E-state index contributed by atoms with van der Waals surface area (Å²) >= 11 is 0. The Morgan fingerprint density at radius 3 is 2.36 bits per heavy atom. The molecule has 3 aromatic rings. The first-order chi connectivity index (χ1) is 13.1. The number of hydrogen-bond donors (Lipinski definition) is 0. The van der Waals surface area contributed by atoms with E-state index in [1.54, 1.807) is 0 Å². The number of carbonyl (C=O) groups is 1. The summed E-state index contributed by atoms with van der Waals surface area (Å²) in [4.78, 5) is 11.9. The number of benzene rings is 3. The van der Waals surface area contributed by atoms with Crippen LogP contribution < -0.4 is 0 Å². The van der Waals surface area contributed by atoms with Crippen molar-refractivity contribution in [3.05, 3.63) is 81.9 Å². The monoisotopic (exact) mass is 372 g/mol. The molecule has 0 unspecified atom stereocenters. The number of hydrogen-bond acceptors (Lipinski definition) is 2. The molecule has 2 nitrogen and oxygen atoms in total. The van der Waals surface area contributed by atoms with E-state index < -0.39 is 0 Å². The van der Waals surface area contributed by atoms with Gasteiger partial charge in [0.1, 0.15) is 0 Å². The lowest BCUT2D eigenvalue weighted by Crippen LogP contribution is -2.28. The summed E-state index contributed by atoms with van der Waals surface area (Å²) in [6, 6.07) is 17.3. The Balaban J connectivity index is 1.93. The molecule has 144 valence electrons. The van der Waals surface area contributed by atoms with Crippen LogP contribution in [0, 0.1) is 0 Å². The van der Waals surface area contributed by atoms with Crippen molar-refractivity contribution < 1.29 is 9.53 Å². The lowest BCUT2D eigenvalue weighted by molar-refractivity contribution is 0.0601. The van der Waals surface area contributed by atoms with Crippen molar-refractivity contribution in [1.29, 1.82) is 0 Å². The zero-order chi connectivity index (χ0) is 20.3. The van der Waals surface area contributed by atoms with Gasteiger partial charge >= 0.3 is 5.97 Å². The van der Waals surface area contributed by atoms with E-state index in [1.807, 2.05) is 12.1 Å². The van der Waals surface area contributed by atoms with Crippen molar-refractivity contribution in [2.75, 3.05) is 7.11 Å². The number of methoxy groups -OCH3 is 1. The van der Waals surface area contributed by atoms with E-state index in [0.29, 0.717) is 5.56 Å². The van der Waals surface area contributed by atoms with E-state index in [4.69, 9.17) is 4.74 Å². The molecule has 4 rings (SSSR count). The molecule has 0 spiro atoms. The average molecular weight is 373 g/mol. The van der Waals surface area contributed by atoms with Crippen LogP contribution in [-0.2, 0) is 22.0 Å². The Bertz CT molecular complexity index is 1100. The van der Waals surface area contributed by atoms with E-state index in [9.17, 15) is 4.79 Å². The molecule has 0 amide bonds. The molecule has 0 saturated carbocycles. The molecule has 0 fully saturated rings. The highest BCUT2D eigenvalue weighted by Gasteiger charge is 2.34. The number of carbonyl (C=O) groups excluding carboxylic acids is 1. The minimum absolute atomic E-state index is 0.101. The van der Waals surface area contributed by atoms with Crippen LogP contribution in [0.4, 0.5) is 0 Å². The predicted octanol–water partition coefficient (Wildman–Crippen LogP) is 6.15. The van der Waals surface area contributed by atoms with E-state index in [2.05, 4.69) is 71.0 Å². The highest BCUT2D eigenvalue weighted by atomic mass is 16.5. The molecule has 0 atom stereocenters. The molecule has 1 aliphatic rings. The first kappa shape index (κ1) is 18.7. The second-order valence-corrected chi connectivity index (χ2v) is 9.45. The Hall–Kier alpha value is -2.61. The normalized spacial score (nSPS) is 15.1. The van der Waals surface area contributed by atoms with Crippen LogP contribution in [-0.4, -0.2) is 13.1 Å². The van der Waals surface area contributed by atoms with Gasteiger partial charge in [0, 0.05) is 5.41 Å². The van der Waals surface area contributed by atoms with Crippen LogP contribution in [0.5, 0.6) is 0 Å². The summed E-state index contributed by atoms with van der Waals surface area (Å²) in [5, 5.41) is 2.31. The largest absolute Gasteiger partial charge is 0.465 e.